The van der Waals surface area contributed by atoms with E-state index in [0.717, 1.165) is 17.8 Å². The van der Waals surface area contributed by atoms with Crippen molar-refractivity contribution >= 4 is 0 Å². The van der Waals surface area contributed by atoms with Crippen LogP contribution in [0.15, 0.2) is 6.07 Å². The highest BCUT2D eigenvalue weighted by Gasteiger charge is 2.13. The number of hydrogen-bond donors (Lipinski definition) is 0. The maximum Gasteiger partial charge on any atom is 0.141 e. The van der Waals surface area contributed by atoms with Crippen LogP contribution < -0.4 is 4.74 Å². The second-order valence-electron chi connectivity index (χ2n) is 4.89. The second-order valence-corrected chi connectivity index (χ2v) is 4.89. The Morgan fingerprint density at radius 2 is 2.00 bits per heavy atom. The fourth-order valence-electron chi connectivity index (χ4n) is 1.95. The molecule has 1 rings (SSSR count). The molecule has 17 heavy (non-hydrogen) atoms. The van der Waals surface area contributed by atoms with E-state index in [1.165, 1.54) is 0 Å². The summed E-state index contributed by atoms with van der Waals surface area (Å²) < 4.78 is 5.85. The zero-order valence-electron chi connectivity index (χ0n) is 11.2. The summed E-state index contributed by atoms with van der Waals surface area (Å²) in [7, 11) is 0. The van der Waals surface area contributed by atoms with Gasteiger partial charge in [0.1, 0.15) is 17.4 Å². The van der Waals surface area contributed by atoms with E-state index in [1.807, 2.05) is 26.8 Å². The smallest absolute Gasteiger partial charge is 0.141 e. The Kier molecular flexibility index (Phi) is 4.51. The molecule has 0 bridgehead atoms. The quantitative estimate of drug-likeness (QED) is 0.799. The fraction of sp³-hybridized carbons (Fsp3) is 0.571. The third-order valence-electron chi connectivity index (χ3n) is 2.54. The normalized spacial score (nSPS) is 12.3. The molecule has 1 aromatic heterocycles. The van der Waals surface area contributed by atoms with Gasteiger partial charge in [0.2, 0.25) is 0 Å². The minimum absolute atomic E-state index is 0.114. The van der Waals surface area contributed by atoms with Gasteiger partial charge < -0.3 is 4.74 Å². The summed E-state index contributed by atoms with van der Waals surface area (Å²) in [4.78, 5) is 4.27. The lowest BCUT2D eigenvalue weighted by Crippen LogP contribution is -2.15. The van der Waals surface area contributed by atoms with Gasteiger partial charge in [-0.15, -0.1) is 0 Å². The minimum atomic E-state index is 0.114. The molecule has 3 heteroatoms. The molecule has 1 aromatic rings. The third kappa shape index (κ3) is 3.74. The van der Waals surface area contributed by atoms with Crippen LogP contribution in [0.2, 0.25) is 0 Å². The molecule has 0 saturated heterocycles. The predicted molar refractivity (Wildman–Crippen MR) is 68.0 cm³/mol. The van der Waals surface area contributed by atoms with Crippen LogP contribution in [0.5, 0.6) is 5.75 Å². The summed E-state index contributed by atoms with van der Waals surface area (Å²) in [5.74, 6) is 1.24. The molecule has 1 atom stereocenters. The van der Waals surface area contributed by atoms with Crippen molar-refractivity contribution in [1.29, 1.82) is 5.26 Å². The topological polar surface area (TPSA) is 45.9 Å². The monoisotopic (exact) mass is 232 g/mol. The molecule has 0 aromatic carbocycles. The highest BCUT2D eigenvalue weighted by molar-refractivity contribution is 5.46. The van der Waals surface area contributed by atoms with Crippen LogP contribution in [-0.4, -0.2) is 11.1 Å². The molecule has 3 nitrogen and oxygen atoms in total. The first-order valence-corrected chi connectivity index (χ1v) is 5.99. The van der Waals surface area contributed by atoms with Gasteiger partial charge in [-0.2, -0.15) is 5.26 Å². The van der Waals surface area contributed by atoms with Crippen molar-refractivity contribution in [2.24, 2.45) is 5.92 Å². The van der Waals surface area contributed by atoms with Gasteiger partial charge in [0.05, 0.1) is 11.8 Å². The highest BCUT2D eigenvalue weighted by Crippen LogP contribution is 2.23. The van der Waals surface area contributed by atoms with Gasteiger partial charge in [0.25, 0.3) is 0 Å². The molecule has 0 aliphatic carbocycles. The van der Waals surface area contributed by atoms with Crippen molar-refractivity contribution in [2.75, 3.05) is 0 Å². The van der Waals surface area contributed by atoms with Crippen molar-refractivity contribution < 1.29 is 4.74 Å². The van der Waals surface area contributed by atoms with Gasteiger partial charge in [0, 0.05) is 11.8 Å². The SMILES string of the molecule is Cc1cc(OC(C)CC(C)C)c(C#N)c(C)n1. The fourth-order valence-corrected chi connectivity index (χ4v) is 1.95. The van der Waals surface area contributed by atoms with E-state index in [1.54, 1.807) is 0 Å². The molecule has 0 amide bonds. The maximum absolute atomic E-state index is 9.11. The largest absolute Gasteiger partial charge is 0.489 e. The molecule has 0 spiro atoms. The van der Waals surface area contributed by atoms with Gasteiger partial charge in [-0.1, -0.05) is 13.8 Å². The number of ether oxygens (including phenoxy) is 1. The Labute approximate surface area is 103 Å². The average Bonchev–Trinajstić information content (AvgIpc) is 2.15. The molecule has 0 fully saturated rings. The minimum Gasteiger partial charge on any atom is -0.489 e. The lowest BCUT2D eigenvalue weighted by atomic mass is 10.1. The molecule has 0 aliphatic heterocycles. The number of nitriles is 1. The van der Waals surface area contributed by atoms with E-state index in [-0.39, 0.29) is 6.10 Å². The number of hydrogen-bond acceptors (Lipinski definition) is 3. The molecule has 0 aliphatic rings. The zero-order valence-corrected chi connectivity index (χ0v) is 11.2. The van der Waals surface area contributed by atoms with Crippen molar-refractivity contribution in [3.8, 4) is 11.8 Å². The first-order valence-electron chi connectivity index (χ1n) is 5.99. The number of rotatable bonds is 4. The van der Waals surface area contributed by atoms with Crippen LogP contribution in [-0.2, 0) is 0 Å². The van der Waals surface area contributed by atoms with Crippen LogP contribution in [0.4, 0.5) is 0 Å². The summed E-state index contributed by atoms with van der Waals surface area (Å²) >= 11 is 0. The lowest BCUT2D eigenvalue weighted by molar-refractivity contribution is 0.192. The van der Waals surface area contributed by atoms with Gasteiger partial charge in [0.15, 0.2) is 0 Å². The summed E-state index contributed by atoms with van der Waals surface area (Å²) in [6.07, 6.45) is 1.09. The van der Waals surface area contributed by atoms with E-state index >= 15 is 0 Å². The van der Waals surface area contributed by atoms with Crippen LogP contribution >= 0.6 is 0 Å². The van der Waals surface area contributed by atoms with E-state index in [9.17, 15) is 0 Å². The van der Waals surface area contributed by atoms with E-state index in [0.29, 0.717) is 17.2 Å². The van der Waals surface area contributed by atoms with Gasteiger partial charge in [-0.25, -0.2) is 0 Å². The number of pyridine rings is 1. The highest BCUT2D eigenvalue weighted by atomic mass is 16.5. The zero-order chi connectivity index (χ0) is 13.0. The van der Waals surface area contributed by atoms with E-state index in [2.05, 4.69) is 24.9 Å². The first kappa shape index (κ1) is 13.5. The van der Waals surface area contributed by atoms with Crippen LogP contribution in [0.25, 0.3) is 0 Å². The molecule has 0 N–H and O–H groups in total. The number of nitrogens with zero attached hydrogens (tertiary/aromatic N) is 2. The van der Waals surface area contributed by atoms with E-state index in [4.69, 9.17) is 10.00 Å². The molecular formula is C14H20N2O. The van der Waals surface area contributed by atoms with Crippen molar-refractivity contribution in [1.82, 2.24) is 4.98 Å². The summed E-state index contributed by atoms with van der Waals surface area (Å²) in [5.41, 5.74) is 2.17. The van der Waals surface area contributed by atoms with Crippen LogP contribution in [0, 0.1) is 31.1 Å². The van der Waals surface area contributed by atoms with Gasteiger partial charge in [-0.3, -0.25) is 4.98 Å². The Hall–Kier alpha value is -1.56. The van der Waals surface area contributed by atoms with Gasteiger partial charge >= 0.3 is 0 Å². The first-order chi connectivity index (χ1) is 7.93. The second kappa shape index (κ2) is 5.67. The Morgan fingerprint density at radius 3 is 2.53 bits per heavy atom. The molecular weight excluding hydrogens is 212 g/mol. The third-order valence-corrected chi connectivity index (χ3v) is 2.54. The molecule has 0 radical (unpaired) electrons. The van der Waals surface area contributed by atoms with Crippen LogP contribution in [0.3, 0.4) is 0 Å². The Morgan fingerprint density at radius 1 is 1.35 bits per heavy atom. The number of aromatic nitrogens is 1. The Balaban J connectivity index is 2.94. The van der Waals surface area contributed by atoms with Crippen LogP contribution in [0.1, 0.15) is 44.1 Å². The van der Waals surface area contributed by atoms with Gasteiger partial charge in [-0.05, 0) is 33.1 Å². The molecule has 92 valence electrons. The molecule has 0 saturated carbocycles. The summed E-state index contributed by atoms with van der Waals surface area (Å²) in [5, 5.41) is 9.11. The molecule has 1 unspecified atom stereocenters. The van der Waals surface area contributed by atoms with Crippen molar-refractivity contribution in [3.05, 3.63) is 23.0 Å². The lowest BCUT2D eigenvalue weighted by Gasteiger charge is -2.18. The number of aryl methyl sites for hydroxylation is 2. The Bertz CT molecular complexity index is 433. The molecule has 1 heterocycles. The van der Waals surface area contributed by atoms with Crippen molar-refractivity contribution in [3.63, 3.8) is 0 Å². The maximum atomic E-state index is 9.11. The average molecular weight is 232 g/mol. The summed E-state index contributed by atoms with van der Waals surface area (Å²) in [6.45, 7) is 10.1. The standard InChI is InChI=1S/C14H20N2O/c1-9(2)6-11(4)17-14-7-10(3)16-12(5)13(14)8-15/h7,9,11H,6H2,1-5H3. The summed E-state index contributed by atoms with van der Waals surface area (Å²) in [6, 6.07) is 4.00. The van der Waals surface area contributed by atoms with Crippen molar-refractivity contribution in [2.45, 2.75) is 47.1 Å². The predicted octanol–water partition coefficient (Wildman–Crippen LogP) is 3.38. The van der Waals surface area contributed by atoms with E-state index < -0.39 is 0 Å².